The highest BCUT2D eigenvalue weighted by Gasteiger charge is 2.30. The van der Waals surface area contributed by atoms with Crippen LogP contribution in [0, 0.1) is 13.8 Å². The molecule has 0 aliphatic heterocycles. The van der Waals surface area contributed by atoms with Crippen LogP contribution in [0.15, 0.2) is 69.9 Å². The first-order valence-corrected chi connectivity index (χ1v) is 11.6. The molecule has 8 nitrogen and oxygen atoms in total. The van der Waals surface area contributed by atoms with Crippen LogP contribution in [0.1, 0.15) is 37.7 Å². The highest BCUT2D eigenvalue weighted by atomic mass is 16.5. The molecule has 5 aromatic rings. The Labute approximate surface area is 212 Å². The minimum Gasteiger partial charge on any atom is -0.465 e. The molecule has 0 spiro atoms. The van der Waals surface area contributed by atoms with Crippen molar-refractivity contribution in [3.8, 4) is 11.3 Å². The number of para-hydroxylation sites is 1. The molecule has 0 bridgehead atoms. The van der Waals surface area contributed by atoms with Gasteiger partial charge in [-0.15, -0.1) is 0 Å². The monoisotopic (exact) mass is 496 g/mol. The number of carbonyl (C=O) groups excluding carboxylic acids is 2. The van der Waals surface area contributed by atoms with Crippen molar-refractivity contribution < 1.29 is 23.5 Å². The Morgan fingerprint density at radius 1 is 0.892 bits per heavy atom. The fraction of sp³-hybridized carbons (Fsp3) is 0.172. The number of esters is 2. The van der Waals surface area contributed by atoms with Crippen LogP contribution in [0.5, 0.6) is 0 Å². The molecule has 0 saturated carbocycles. The second-order valence-electron chi connectivity index (χ2n) is 8.63. The van der Waals surface area contributed by atoms with Crippen molar-refractivity contribution in [3.05, 3.63) is 99.0 Å². The summed E-state index contributed by atoms with van der Waals surface area (Å²) < 4.78 is 18.3. The molecule has 0 fully saturated rings. The molecule has 5 rings (SSSR count). The third-order valence-electron chi connectivity index (χ3n) is 6.40. The quantitative estimate of drug-likeness (QED) is 0.314. The first kappa shape index (κ1) is 24.0. The molecule has 3 aromatic heterocycles. The van der Waals surface area contributed by atoms with Gasteiger partial charge in [-0.3, -0.25) is 9.78 Å². The number of aromatic nitrogens is 2. The summed E-state index contributed by atoms with van der Waals surface area (Å²) >= 11 is 0. The third kappa shape index (κ3) is 3.96. The Balaban J connectivity index is 1.87. The Bertz CT molecular complexity index is 1710. The molecule has 0 radical (unpaired) electrons. The standard InChI is InChI=1S/C29H24N2O6/c1-16-23(28(33)35-3)25(24(17(2)30-16)29(34)36-4)22-14-21(32)26-27(37-22)19-12-8-9-13-20(19)31(26)15-18-10-6-5-7-11-18/h5-14H,15H2,1-4H3. The molecule has 0 aliphatic carbocycles. The Morgan fingerprint density at radius 2 is 1.49 bits per heavy atom. The van der Waals surface area contributed by atoms with Crippen LogP contribution in [0.25, 0.3) is 33.3 Å². The van der Waals surface area contributed by atoms with Crippen molar-refractivity contribution in [2.45, 2.75) is 20.4 Å². The fourth-order valence-electron chi connectivity index (χ4n) is 4.80. The van der Waals surface area contributed by atoms with Crippen molar-refractivity contribution in [2.75, 3.05) is 14.2 Å². The van der Waals surface area contributed by atoms with Crippen LogP contribution < -0.4 is 5.43 Å². The number of methoxy groups -OCH3 is 2. The van der Waals surface area contributed by atoms with Gasteiger partial charge in [-0.1, -0.05) is 42.5 Å². The highest BCUT2D eigenvalue weighted by molar-refractivity contribution is 6.08. The molecule has 3 heterocycles. The average molecular weight is 497 g/mol. The first-order valence-electron chi connectivity index (χ1n) is 11.6. The number of ether oxygens (including phenoxy) is 2. The Hall–Kier alpha value is -4.72. The fourth-order valence-corrected chi connectivity index (χ4v) is 4.80. The van der Waals surface area contributed by atoms with Gasteiger partial charge in [0.15, 0.2) is 5.58 Å². The number of hydrogen-bond acceptors (Lipinski definition) is 7. The minimum atomic E-state index is -0.709. The number of rotatable bonds is 5. The van der Waals surface area contributed by atoms with Gasteiger partial charge < -0.3 is 18.5 Å². The minimum absolute atomic E-state index is 0.0315. The SMILES string of the molecule is COC(=O)c1c(C)nc(C)c(C(=O)OC)c1-c1cc(=O)c2c(o1)c1ccccc1n2Cc1ccccc1. The summed E-state index contributed by atoms with van der Waals surface area (Å²) in [5, 5.41) is 0.731. The maximum Gasteiger partial charge on any atom is 0.340 e. The van der Waals surface area contributed by atoms with Crippen LogP contribution in [0.3, 0.4) is 0 Å². The summed E-state index contributed by atoms with van der Waals surface area (Å²) in [4.78, 5) is 43.7. The largest absolute Gasteiger partial charge is 0.465 e. The van der Waals surface area contributed by atoms with E-state index in [1.807, 2.05) is 59.2 Å². The first-order chi connectivity index (χ1) is 17.8. The molecule has 37 heavy (non-hydrogen) atoms. The van der Waals surface area contributed by atoms with Crippen LogP contribution in [-0.4, -0.2) is 35.7 Å². The molecule has 0 atom stereocenters. The van der Waals surface area contributed by atoms with Crippen LogP contribution in [-0.2, 0) is 16.0 Å². The maximum atomic E-state index is 13.7. The van der Waals surface area contributed by atoms with Crippen LogP contribution in [0.4, 0.5) is 0 Å². The lowest BCUT2D eigenvalue weighted by atomic mass is 9.96. The predicted molar refractivity (Wildman–Crippen MR) is 139 cm³/mol. The van der Waals surface area contributed by atoms with Gasteiger partial charge in [0.2, 0.25) is 5.43 Å². The molecule has 8 heteroatoms. The van der Waals surface area contributed by atoms with E-state index in [0.717, 1.165) is 16.5 Å². The maximum absolute atomic E-state index is 13.7. The van der Waals surface area contributed by atoms with Gasteiger partial charge in [-0.25, -0.2) is 9.59 Å². The lowest BCUT2D eigenvalue weighted by molar-refractivity contribution is 0.0598. The van der Waals surface area contributed by atoms with Gasteiger partial charge in [-0.05, 0) is 31.5 Å². The van der Waals surface area contributed by atoms with Crippen LogP contribution >= 0.6 is 0 Å². The van der Waals surface area contributed by atoms with Gasteiger partial charge in [0, 0.05) is 18.0 Å². The van der Waals surface area contributed by atoms with E-state index in [-0.39, 0.29) is 27.9 Å². The lowest BCUT2D eigenvalue weighted by Gasteiger charge is -2.16. The summed E-state index contributed by atoms with van der Waals surface area (Å²) in [6.45, 7) is 3.72. The van der Waals surface area contributed by atoms with Gasteiger partial charge >= 0.3 is 11.9 Å². The summed E-state index contributed by atoms with van der Waals surface area (Å²) in [5.74, 6) is -1.37. The summed E-state index contributed by atoms with van der Waals surface area (Å²) in [7, 11) is 2.47. The highest BCUT2D eigenvalue weighted by Crippen LogP contribution is 2.36. The molecule has 2 aromatic carbocycles. The predicted octanol–water partition coefficient (Wildman–Crippen LogP) is 5.05. The van der Waals surface area contributed by atoms with E-state index in [1.54, 1.807) is 13.8 Å². The number of pyridine rings is 1. The molecule has 0 aliphatic rings. The van der Waals surface area contributed by atoms with E-state index in [0.29, 0.717) is 29.0 Å². The average Bonchev–Trinajstić information content (AvgIpc) is 3.22. The second-order valence-corrected chi connectivity index (χ2v) is 8.63. The number of benzene rings is 2. The molecule has 186 valence electrons. The topological polar surface area (TPSA) is 101 Å². The second kappa shape index (κ2) is 9.39. The van der Waals surface area contributed by atoms with Gasteiger partial charge in [0.05, 0.1) is 47.8 Å². The number of fused-ring (bicyclic) bond motifs is 3. The summed E-state index contributed by atoms with van der Waals surface area (Å²) in [6, 6.07) is 18.7. The van der Waals surface area contributed by atoms with E-state index >= 15 is 0 Å². The molecular formula is C29H24N2O6. The smallest absolute Gasteiger partial charge is 0.340 e. The van der Waals surface area contributed by atoms with Crippen molar-refractivity contribution in [2.24, 2.45) is 0 Å². The number of carbonyl (C=O) groups is 2. The van der Waals surface area contributed by atoms with Gasteiger partial charge in [0.25, 0.3) is 0 Å². The van der Waals surface area contributed by atoms with E-state index in [4.69, 9.17) is 13.9 Å². The third-order valence-corrected chi connectivity index (χ3v) is 6.40. The zero-order valence-electron chi connectivity index (χ0n) is 20.8. The van der Waals surface area contributed by atoms with Crippen LogP contribution in [0.2, 0.25) is 0 Å². The Kier molecular flexibility index (Phi) is 6.09. The van der Waals surface area contributed by atoms with E-state index in [9.17, 15) is 14.4 Å². The lowest BCUT2D eigenvalue weighted by Crippen LogP contribution is -2.17. The van der Waals surface area contributed by atoms with Gasteiger partial charge in [0.1, 0.15) is 11.3 Å². The van der Waals surface area contributed by atoms with Crippen molar-refractivity contribution in [1.82, 2.24) is 9.55 Å². The Morgan fingerprint density at radius 3 is 2.11 bits per heavy atom. The zero-order valence-corrected chi connectivity index (χ0v) is 20.8. The van der Waals surface area contributed by atoms with Crippen molar-refractivity contribution in [1.29, 1.82) is 0 Å². The number of aryl methyl sites for hydroxylation is 2. The summed E-state index contributed by atoms with van der Waals surface area (Å²) in [5.41, 5.74) is 3.11. The summed E-state index contributed by atoms with van der Waals surface area (Å²) in [6.07, 6.45) is 0. The number of hydrogen-bond donors (Lipinski definition) is 0. The van der Waals surface area contributed by atoms with E-state index < -0.39 is 11.9 Å². The molecule has 0 saturated heterocycles. The van der Waals surface area contributed by atoms with Crippen molar-refractivity contribution in [3.63, 3.8) is 0 Å². The molecule has 0 N–H and O–H groups in total. The van der Waals surface area contributed by atoms with E-state index in [1.165, 1.54) is 20.3 Å². The number of nitrogens with zero attached hydrogens (tertiary/aromatic N) is 2. The normalized spacial score (nSPS) is 11.1. The molecule has 0 amide bonds. The van der Waals surface area contributed by atoms with Gasteiger partial charge in [-0.2, -0.15) is 0 Å². The zero-order chi connectivity index (χ0) is 26.3. The van der Waals surface area contributed by atoms with E-state index in [2.05, 4.69) is 4.98 Å². The molecular weight excluding hydrogens is 472 g/mol. The molecule has 0 unspecified atom stereocenters. The van der Waals surface area contributed by atoms with Crippen molar-refractivity contribution >= 4 is 33.9 Å².